The molecule has 0 fully saturated rings. The van der Waals surface area contributed by atoms with Crippen LogP contribution >= 0.6 is 0 Å². The zero-order valence-electron chi connectivity index (χ0n) is 11.6. The smallest absolute Gasteiger partial charge is 0.123 e. The van der Waals surface area contributed by atoms with E-state index in [-0.39, 0.29) is 11.0 Å². The molecule has 0 aliphatic heterocycles. The molecular formula is C15H24O. The van der Waals surface area contributed by atoms with Crippen LogP contribution in [0.3, 0.4) is 0 Å². The van der Waals surface area contributed by atoms with Crippen LogP contribution < -0.4 is 4.74 Å². The highest BCUT2D eigenvalue weighted by Gasteiger charge is 2.22. The maximum atomic E-state index is 6.01. The average Bonchev–Trinajstić information content (AvgIpc) is 2.04. The lowest BCUT2D eigenvalue weighted by molar-refractivity contribution is 0.128. The Morgan fingerprint density at radius 1 is 0.938 bits per heavy atom. The van der Waals surface area contributed by atoms with Crippen molar-refractivity contribution < 1.29 is 4.74 Å². The molecule has 0 saturated heterocycles. The number of aryl methyl sites for hydroxylation is 1. The summed E-state index contributed by atoms with van der Waals surface area (Å²) in [7, 11) is 0. The first-order chi connectivity index (χ1) is 7.09. The Labute approximate surface area is 99.8 Å². The third-order valence-corrected chi connectivity index (χ3v) is 2.36. The van der Waals surface area contributed by atoms with E-state index in [0.717, 1.165) is 5.75 Å². The Morgan fingerprint density at radius 3 is 1.94 bits per heavy atom. The lowest BCUT2D eigenvalue weighted by Gasteiger charge is -2.28. The van der Waals surface area contributed by atoms with Gasteiger partial charge in [0.2, 0.25) is 0 Å². The minimum absolute atomic E-state index is 0.118. The lowest BCUT2D eigenvalue weighted by atomic mass is 9.85. The van der Waals surface area contributed by atoms with Crippen molar-refractivity contribution in [1.29, 1.82) is 0 Å². The summed E-state index contributed by atoms with van der Waals surface area (Å²) >= 11 is 0. The van der Waals surface area contributed by atoms with E-state index in [1.54, 1.807) is 0 Å². The van der Waals surface area contributed by atoms with Gasteiger partial charge in [0.15, 0.2) is 0 Å². The summed E-state index contributed by atoms with van der Waals surface area (Å²) in [5.74, 6) is 1.01. The van der Waals surface area contributed by atoms with Crippen LogP contribution in [-0.2, 0) is 5.41 Å². The fourth-order valence-electron chi connectivity index (χ4n) is 1.65. The molecule has 90 valence electrons. The minimum Gasteiger partial charge on any atom is -0.488 e. The summed E-state index contributed by atoms with van der Waals surface area (Å²) in [6.07, 6.45) is 0. The van der Waals surface area contributed by atoms with E-state index in [9.17, 15) is 0 Å². The summed E-state index contributed by atoms with van der Waals surface area (Å²) in [5, 5.41) is 0. The highest BCUT2D eigenvalue weighted by molar-refractivity contribution is 5.41. The van der Waals surface area contributed by atoms with E-state index in [1.165, 1.54) is 11.1 Å². The molecule has 0 spiro atoms. The Morgan fingerprint density at radius 2 is 1.50 bits per heavy atom. The van der Waals surface area contributed by atoms with E-state index in [1.807, 2.05) is 0 Å². The van der Waals surface area contributed by atoms with Gasteiger partial charge < -0.3 is 4.74 Å². The first kappa shape index (κ1) is 13.1. The molecule has 0 aliphatic carbocycles. The summed E-state index contributed by atoms with van der Waals surface area (Å²) in [6, 6.07) is 6.42. The summed E-state index contributed by atoms with van der Waals surface area (Å²) in [5.41, 5.74) is 2.54. The molecule has 0 heterocycles. The van der Waals surface area contributed by atoms with Crippen molar-refractivity contribution in [1.82, 2.24) is 0 Å². The lowest BCUT2D eigenvalue weighted by Crippen LogP contribution is -2.25. The second-order valence-corrected chi connectivity index (χ2v) is 6.46. The van der Waals surface area contributed by atoms with E-state index in [0.29, 0.717) is 0 Å². The van der Waals surface area contributed by atoms with Crippen molar-refractivity contribution in [2.75, 3.05) is 0 Å². The van der Waals surface area contributed by atoms with Gasteiger partial charge >= 0.3 is 0 Å². The van der Waals surface area contributed by atoms with Gasteiger partial charge in [-0.1, -0.05) is 38.5 Å². The van der Waals surface area contributed by atoms with E-state index in [2.05, 4.69) is 66.7 Å². The standard InChI is InChI=1S/C15H24O/c1-11-8-9-13(16-15(5,6)7)12(10-11)14(2,3)4/h8-10H,1-7H3. The second kappa shape index (κ2) is 4.12. The van der Waals surface area contributed by atoms with Crippen LogP contribution in [0.5, 0.6) is 5.75 Å². The molecule has 0 aliphatic rings. The number of ether oxygens (including phenoxy) is 1. The van der Waals surface area contributed by atoms with Gasteiger partial charge in [0, 0.05) is 0 Å². The number of rotatable bonds is 1. The first-order valence-corrected chi connectivity index (χ1v) is 5.90. The highest BCUT2D eigenvalue weighted by atomic mass is 16.5. The molecule has 0 amide bonds. The maximum Gasteiger partial charge on any atom is 0.123 e. The van der Waals surface area contributed by atoms with Gasteiger partial charge in [-0.2, -0.15) is 0 Å². The predicted molar refractivity (Wildman–Crippen MR) is 70.3 cm³/mol. The van der Waals surface area contributed by atoms with Crippen LogP contribution in [-0.4, -0.2) is 5.60 Å². The molecule has 1 nitrogen and oxygen atoms in total. The van der Waals surface area contributed by atoms with Crippen molar-refractivity contribution in [3.05, 3.63) is 29.3 Å². The molecule has 0 bridgehead atoms. The molecule has 0 radical (unpaired) electrons. The van der Waals surface area contributed by atoms with Gasteiger partial charge in [-0.05, 0) is 44.7 Å². The van der Waals surface area contributed by atoms with Crippen LogP contribution in [0, 0.1) is 6.92 Å². The molecule has 0 atom stereocenters. The molecule has 1 rings (SSSR count). The zero-order valence-corrected chi connectivity index (χ0v) is 11.6. The molecule has 0 saturated carbocycles. The Bertz CT molecular complexity index is 364. The normalized spacial score (nSPS) is 12.7. The van der Waals surface area contributed by atoms with Crippen LogP contribution in [0.4, 0.5) is 0 Å². The molecule has 1 aromatic rings. The Kier molecular flexibility index (Phi) is 3.37. The number of hydrogen-bond donors (Lipinski definition) is 0. The third-order valence-electron chi connectivity index (χ3n) is 2.36. The summed E-state index contributed by atoms with van der Waals surface area (Å²) in [4.78, 5) is 0. The fourth-order valence-corrected chi connectivity index (χ4v) is 1.65. The number of hydrogen-bond acceptors (Lipinski definition) is 1. The molecule has 0 aromatic heterocycles. The zero-order chi connectivity index (χ0) is 12.6. The van der Waals surface area contributed by atoms with E-state index < -0.39 is 0 Å². The van der Waals surface area contributed by atoms with Crippen molar-refractivity contribution in [2.24, 2.45) is 0 Å². The SMILES string of the molecule is Cc1ccc(OC(C)(C)C)c(C(C)(C)C)c1. The van der Waals surface area contributed by atoms with Gasteiger partial charge in [-0.3, -0.25) is 0 Å². The average molecular weight is 220 g/mol. The molecule has 0 unspecified atom stereocenters. The van der Waals surface area contributed by atoms with E-state index >= 15 is 0 Å². The Hall–Kier alpha value is -0.980. The topological polar surface area (TPSA) is 9.23 Å². The van der Waals surface area contributed by atoms with Crippen LogP contribution in [0.15, 0.2) is 18.2 Å². The van der Waals surface area contributed by atoms with Crippen LogP contribution in [0.2, 0.25) is 0 Å². The summed E-state index contributed by atoms with van der Waals surface area (Å²) in [6.45, 7) is 15.0. The molecule has 1 aromatic carbocycles. The largest absolute Gasteiger partial charge is 0.488 e. The molecule has 1 heteroatoms. The van der Waals surface area contributed by atoms with Crippen LogP contribution in [0.1, 0.15) is 52.7 Å². The first-order valence-electron chi connectivity index (χ1n) is 5.90. The van der Waals surface area contributed by atoms with Crippen LogP contribution in [0.25, 0.3) is 0 Å². The Balaban J connectivity index is 3.19. The minimum atomic E-state index is -0.144. The van der Waals surface area contributed by atoms with Gasteiger partial charge in [0.1, 0.15) is 11.4 Å². The van der Waals surface area contributed by atoms with Crippen molar-refractivity contribution in [3.63, 3.8) is 0 Å². The van der Waals surface area contributed by atoms with Gasteiger partial charge in [-0.15, -0.1) is 0 Å². The van der Waals surface area contributed by atoms with Crippen molar-refractivity contribution >= 4 is 0 Å². The van der Waals surface area contributed by atoms with Gasteiger partial charge in [-0.25, -0.2) is 0 Å². The molecule has 0 N–H and O–H groups in total. The third kappa shape index (κ3) is 3.55. The second-order valence-electron chi connectivity index (χ2n) is 6.46. The molecule has 16 heavy (non-hydrogen) atoms. The van der Waals surface area contributed by atoms with Gasteiger partial charge in [0.25, 0.3) is 0 Å². The van der Waals surface area contributed by atoms with Crippen molar-refractivity contribution in [3.8, 4) is 5.75 Å². The quantitative estimate of drug-likeness (QED) is 0.678. The van der Waals surface area contributed by atoms with Crippen molar-refractivity contribution in [2.45, 2.75) is 59.5 Å². The fraction of sp³-hybridized carbons (Fsp3) is 0.600. The number of benzene rings is 1. The maximum absolute atomic E-state index is 6.01. The highest BCUT2D eigenvalue weighted by Crippen LogP contribution is 2.33. The van der Waals surface area contributed by atoms with Gasteiger partial charge in [0.05, 0.1) is 0 Å². The van der Waals surface area contributed by atoms with E-state index in [4.69, 9.17) is 4.74 Å². The monoisotopic (exact) mass is 220 g/mol. The summed E-state index contributed by atoms with van der Waals surface area (Å²) < 4.78 is 6.01. The molecular weight excluding hydrogens is 196 g/mol. The predicted octanol–water partition coefficient (Wildman–Crippen LogP) is 4.47.